The number of nitrogens with zero attached hydrogens (tertiary/aromatic N) is 1. The Hall–Kier alpha value is -0.720. The zero-order valence-corrected chi connectivity index (χ0v) is 11.7. The first-order valence-electron chi connectivity index (χ1n) is 5.77. The summed E-state index contributed by atoms with van der Waals surface area (Å²) in [6, 6.07) is 1.09. The largest absolute Gasteiger partial charge is 0.493 e. The molecule has 0 atom stereocenters. The molecule has 0 bridgehead atoms. The Balaban J connectivity index is 2.29. The minimum absolute atomic E-state index is 0.00534. The monoisotopic (exact) mass is 320 g/mol. The van der Waals surface area contributed by atoms with Crippen molar-refractivity contribution in [3.8, 4) is 5.75 Å². The van der Waals surface area contributed by atoms with Gasteiger partial charge in [-0.3, -0.25) is 4.90 Å². The summed E-state index contributed by atoms with van der Waals surface area (Å²) in [4.78, 5) is 2.07. The second-order valence-electron chi connectivity index (χ2n) is 4.19. The average molecular weight is 321 g/mol. The molecule has 0 spiro atoms. The molecule has 1 aliphatic heterocycles. The van der Waals surface area contributed by atoms with Gasteiger partial charge in [-0.25, -0.2) is 8.78 Å². The lowest BCUT2D eigenvalue weighted by molar-refractivity contribution is 0.225. The molecule has 100 valence electrons. The highest BCUT2D eigenvalue weighted by Crippen LogP contribution is 2.31. The van der Waals surface area contributed by atoms with Crippen LogP contribution in [0.15, 0.2) is 10.5 Å². The zero-order valence-electron chi connectivity index (χ0n) is 10.1. The lowest BCUT2D eigenvalue weighted by atomic mass is 10.1. The first kappa shape index (κ1) is 13.7. The van der Waals surface area contributed by atoms with E-state index >= 15 is 0 Å². The highest BCUT2D eigenvalue weighted by atomic mass is 79.9. The van der Waals surface area contributed by atoms with E-state index in [0.717, 1.165) is 32.2 Å². The predicted molar refractivity (Wildman–Crippen MR) is 68.8 cm³/mol. The molecule has 0 aromatic heterocycles. The van der Waals surface area contributed by atoms with Gasteiger partial charge in [0, 0.05) is 38.3 Å². The van der Waals surface area contributed by atoms with Gasteiger partial charge in [-0.15, -0.1) is 0 Å². The van der Waals surface area contributed by atoms with Crippen molar-refractivity contribution in [2.45, 2.75) is 6.54 Å². The molecule has 0 saturated carbocycles. The first-order valence-corrected chi connectivity index (χ1v) is 6.56. The third-order valence-electron chi connectivity index (χ3n) is 3.01. The van der Waals surface area contributed by atoms with Gasteiger partial charge in [-0.2, -0.15) is 0 Å². The minimum atomic E-state index is -0.545. The number of benzene rings is 1. The maximum absolute atomic E-state index is 14.0. The van der Waals surface area contributed by atoms with Crippen LogP contribution in [0.2, 0.25) is 0 Å². The number of hydrogen-bond donors (Lipinski definition) is 1. The maximum Gasteiger partial charge on any atom is 0.166 e. The van der Waals surface area contributed by atoms with E-state index in [1.54, 1.807) is 0 Å². The van der Waals surface area contributed by atoms with Crippen molar-refractivity contribution in [2.75, 3.05) is 33.3 Å². The van der Waals surface area contributed by atoms with E-state index in [0.29, 0.717) is 6.54 Å². The van der Waals surface area contributed by atoms with Crippen molar-refractivity contribution in [1.82, 2.24) is 10.2 Å². The Morgan fingerprint density at radius 3 is 2.67 bits per heavy atom. The molecule has 2 rings (SSSR count). The molecule has 0 unspecified atom stereocenters. The van der Waals surface area contributed by atoms with E-state index < -0.39 is 11.6 Å². The van der Waals surface area contributed by atoms with Gasteiger partial charge >= 0.3 is 0 Å². The van der Waals surface area contributed by atoms with E-state index in [4.69, 9.17) is 4.74 Å². The van der Waals surface area contributed by atoms with Crippen LogP contribution in [0.25, 0.3) is 0 Å². The number of halogens is 3. The lowest BCUT2D eigenvalue weighted by Gasteiger charge is -2.28. The number of methoxy groups -OCH3 is 1. The summed E-state index contributed by atoms with van der Waals surface area (Å²) in [5.74, 6) is -1.00. The van der Waals surface area contributed by atoms with Crippen LogP contribution in [0.5, 0.6) is 5.75 Å². The Morgan fingerprint density at radius 2 is 2.06 bits per heavy atom. The molecule has 0 amide bonds. The fraction of sp³-hybridized carbons (Fsp3) is 0.500. The van der Waals surface area contributed by atoms with Crippen LogP contribution in [0.4, 0.5) is 8.78 Å². The fourth-order valence-electron chi connectivity index (χ4n) is 2.08. The number of ether oxygens (including phenoxy) is 1. The quantitative estimate of drug-likeness (QED) is 0.864. The number of hydrogen-bond acceptors (Lipinski definition) is 3. The predicted octanol–water partition coefficient (Wildman–Crippen LogP) is 2.14. The molecule has 0 radical (unpaired) electrons. The molecule has 1 saturated heterocycles. The molecular weight excluding hydrogens is 306 g/mol. The third kappa shape index (κ3) is 2.81. The fourth-order valence-corrected chi connectivity index (χ4v) is 2.52. The normalized spacial score (nSPS) is 16.9. The van der Waals surface area contributed by atoms with Crippen LogP contribution in [-0.4, -0.2) is 38.2 Å². The van der Waals surface area contributed by atoms with Crippen molar-refractivity contribution >= 4 is 15.9 Å². The molecule has 1 aromatic rings. The van der Waals surface area contributed by atoms with Crippen molar-refractivity contribution in [3.05, 3.63) is 27.7 Å². The first-order chi connectivity index (χ1) is 8.63. The average Bonchev–Trinajstić information content (AvgIpc) is 2.37. The molecular formula is C12H15BrF2N2O. The molecule has 1 fully saturated rings. The molecule has 1 aliphatic rings. The van der Waals surface area contributed by atoms with Crippen LogP contribution in [0.3, 0.4) is 0 Å². The van der Waals surface area contributed by atoms with Gasteiger partial charge in [0.1, 0.15) is 5.82 Å². The Kier molecular flexibility index (Phi) is 4.53. The van der Waals surface area contributed by atoms with Crippen LogP contribution in [-0.2, 0) is 6.54 Å². The number of nitrogens with one attached hydrogen (secondary N) is 1. The van der Waals surface area contributed by atoms with Gasteiger partial charge < -0.3 is 10.1 Å². The Labute approximate surface area is 113 Å². The second-order valence-corrected chi connectivity index (χ2v) is 5.05. The molecule has 18 heavy (non-hydrogen) atoms. The summed E-state index contributed by atoms with van der Waals surface area (Å²) in [5, 5.41) is 3.22. The van der Waals surface area contributed by atoms with E-state index in [2.05, 4.69) is 26.1 Å². The second kappa shape index (κ2) is 5.95. The topological polar surface area (TPSA) is 24.5 Å². The van der Waals surface area contributed by atoms with E-state index in [1.807, 2.05) is 0 Å². The van der Waals surface area contributed by atoms with Crippen LogP contribution < -0.4 is 10.1 Å². The summed E-state index contributed by atoms with van der Waals surface area (Å²) >= 11 is 3.02. The van der Waals surface area contributed by atoms with Gasteiger partial charge in [-0.05, 0) is 22.0 Å². The van der Waals surface area contributed by atoms with Gasteiger partial charge in [0.05, 0.1) is 11.6 Å². The highest BCUT2D eigenvalue weighted by molar-refractivity contribution is 9.10. The van der Waals surface area contributed by atoms with Gasteiger partial charge in [0.2, 0.25) is 0 Å². The molecule has 6 heteroatoms. The minimum Gasteiger partial charge on any atom is -0.493 e. The van der Waals surface area contributed by atoms with Gasteiger partial charge in [0.25, 0.3) is 0 Å². The highest BCUT2D eigenvalue weighted by Gasteiger charge is 2.21. The van der Waals surface area contributed by atoms with E-state index in [9.17, 15) is 8.78 Å². The summed E-state index contributed by atoms with van der Waals surface area (Å²) in [5.41, 5.74) is 0.270. The van der Waals surface area contributed by atoms with Crippen LogP contribution in [0.1, 0.15) is 5.56 Å². The van der Waals surface area contributed by atoms with Crippen LogP contribution in [0, 0.1) is 11.6 Å². The molecule has 1 heterocycles. The summed E-state index contributed by atoms with van der Waals surface area (Å²) in [6.07, 6.45) is 0. The van der Waals surface area contributed by atoms with E-state index in [1.165, 1.54) is 7.11 Å². The van der Waals surface area contributed by atoms with E-state index in [-0.39, 0.29) is 15.8 Å². The molecule has 3 nitrogen and oxygen atoms in total. The standard InChI is InChI=1S/C12H15BrF2N2O/c1-18-12-8(7-17-4-2-16-3-5-17)11(15)9(13)6-10(12)14/h6,16H,2-5,7H2,1H3. The van der Waals surface area contributed by atoms with Crippen molar-refractivity contribution in [1.29, 1.82) is 0 Å². The summed E-state index contributed by atoms with van der Waals surface area (Å²) < 4.78 is 32.8. The van der Waals surface area contributed by atoms with Crippen LogP contribution >= 0.6 is 15.9 Å². The number of piperazine rings is 1. The SMILES string of the molecule is COc1c(F)cc(Br)c(F)c1CN1CCNCC1. The Bertz CT molecular complexity index is 437. The Morgan fingerprint density at radius 1 is 1.39 bits per heavy atom. The summed E-state index contributed by atoms with van der Waals surface area (Å²) in [6.45, 7) is 3.71. The van der Waals surface area contributed by atoms with Gasteiger partial charge in [0.15, 0.2) is 11.6 Å². The lowest BCUT2D eigenvalue weighted by Crippen LogP contribution is -2.43. The maximum atomic E-state index is 14.0. The third-order valence-corrected chi connectivity index (χ3v) is 3.59. The smallest absolute Gasteiger partial charge is 0.166 e. The molecule has 1 N–H and O–H groups in total. The summed E-state index contributed by atoms with van der Waals surface area (Å²) in [7, 11) is 1.35. The van der Waals surface area contributed by atoms with Crippen molar-refractivity contribution in [2.24, 2.45) is 0 Å². The molecule has 0 aliphatic carbocycles. The van der Waals surface area contributed by atoms with Crippen molar-refractivity contribution < 1.29 is 13.5 Å². The van der Waals surface area contributed by atoms with Crippen molar-refractivity contribution in [3.63, 3.8) is 0 Å². The number of rotatable bonds is 3. The zero-order chi connectivity index (χ0) is 13.1. The molecule has 1 aromatic carbocycles. The van der Waals surface area contributed by atoms with Gasteiger partial charge in [-0.1, -0.05) is 0 Å².